The number of rotatable bonds is 5. The van der Waals surface area contributed by atoms with Crippen LogP contribution in [0, 0.1) is 0 Å². The molecular formula is C12H13F2NO2. The molecule has 0 saturated carbocycles. The Labute approximate surface area is 98.3 Å². The molecular weight excluding hydrogens is 228 g/mol. The van der Waals surface area contributed by atoms with Gasteiger partial charge in [0.1, 0.15) is 5.75 Å². The van der Waals surface area contributed by atoms with E-state index in [1.54, 1.807) is 25.2 Å². The first-order valence-electron chi connectivity index (χ1n) is 4.93. The number of carbonyl (C=O) groups excluding carboxylic acids is 1. The zero-order valence-electron chi connectivity index (χ0n) is 9.56. The van der Waals surface area contributed by atoms with Gasteiger partial charge in [-0.2, -0.15) is 8.78 Å². The van der Waals surface area contributed by atoms with Gasteiger partial charge >= 0.3 is 6.61 Å². The third kappa shape index (κ3) is 4.63. The van der Waals surface area contributed by atoms with E-state index in [2.05, 4.69) is 4.74 Å². The summed E-state index contributed by atoms with van der Waals surface area (Å²) in [5.74, 6) is -0.157. The van der Waals surface area contributed by atoms with E-state index in [9.17, 15) is 13.6 Å². The molecule has 0 N–H and O–H groups in total. The molecule has 0 amide bonds. The molecule has 0 aromatic heterocycles. The number of halogens is 2. The first-order valence-corrected chi connectivity index (χ1v) is 4.93. The summed E-state index contributed by atoms with van der Waals surface area (Å²) in [5, 5.41) is 0. The maximum atomic E-state index is 11.9. The maximum absolute atomic E-state index is 11.9. The van der Waals surface area contributed by atoms with E-state index in [4.69, 9.17) is 0 Å². The molecule has 0 bridgehead atoms. The molecule has 17 heavy (non-hydrogen) atoms. The number of nitrogens with zero attached hydrogens (tertiary/aromatic N) is 1. The predicted octanol–water partition coefficient (Wildman–Crippen LogP) is 2.55. The Morgan fingerprint density at radius 2 is 1.88 bits per heavy atom. The van der Waals surface area contributed by atoms with Crippen LogP contribution in [0.2, 0.25) is 0 Å². The molecule has 0 unspecified atom stereocenters. The fourth-order valence-corrected chi connectivity index (χ4v) is 1.11. The third-order valence-corrected chi connectivity index (χ3v) is 1.89. The van der Waals surface area contributed by atoms with Crippen molar-refractivity contribution in [2.75, 3.05) is 14.1 Å². The van der Waals surface area contributed by atoms with Gasteiger partial charge in [-0.1, -0.05) is 0 Å². The van der Waals surface area contributed by atoms with Crippen LogP contribution in [0.1, 0.15) is 10.4 Å². The van der Waals surface area contributed by atoms with Gasteiger partial charge in [-0.25, -0.2) is 0 Å². The molecule has 0 aliphatic heterocycles. The van der Waals surface area contributed by atoms with Crippen LogP contribution in [0.25, 0.3) is 0 Å². The third-order valence-electron chi connectivity index (χ3n) is 1.89. The molecule has 0 aliphatic rings. The summed E-state index contributed by atoms with van der Waals surface area (Å²) < 4.78 is 27.9. The van der Waals surface area contributed by atoms with Crippen molar-refractivity contribution in [3.8, 4) is 5.75 Å². The minimum atomic E-state index is -2.86. The van der Waals surface area contributed by atoms with Crippen LogP contribution in [0.15, 0.2) is 36.5 Å². The SMILES string of the molecule is CN(C)/C=C/C(=O)c1ccc(OC(F)F)cc1. The lowest BCUT2D eigenvalue weighted by Gasteiger charge is -2.05. The van der Waals surface area contributed by atoms with Crippen LogP contribution in [-0.2, 0) is 0 Å². The first-order chi connectivity index (χ1) is 7.99. The molecule has 1 aromatic rings. The molecule has 0 heterocycles. The van der Waals surface area contributed by atoms with Crippen molar-refractivity contribution in [3.63, 3.8) is 0 Å². The molecule has 0 atom stereocenters. The fraction of sp³-hybridized carbons (Fsp3) is 0.250. The number of allylic oxidation sites excluding steroid dienone is 1. The minimum absolute atomic E-state index is 0.0353. The second-order valence-electron chi connectivity index (χ2n) is 3.55. The van der Waals surface area contributed by atoms with Gasteiger partial charge in [0.2, 0.25) is 0 Å². The Bertz CT molecular complexity index is 399. The second kappa shape index (κ2) is 5.98. The van der Waals surface area contributed by atoms with Gasteiger partial charge in [0.25, 0.3) is 0 Å². The second-order valence-corrected chi connectivity index (χ2v) is 3.55. The largest absolute Gasteiger partial charge is 0.435 e. The number of benzene rings is 1. The van der Waals surface area contributed by atoms with E-state index in [0.29, 0.717) is 5.56 Å². The van der Waals surface area contributed by atoms with Crippen molar-refractivity contribution in [2.45, 2.75) is 6.61 Å². The van der Waals surface area contributed by atoms with Crippen molar-refractivity contribution in [2.24, 2.45) is 0 Å². The highest BCUT2D eigenvalue weighted by atomic mass is 19.3. The molecule has 1 aromatic carbocycles. The summed E-state index contributed by atoms with van der Waals surface area (Å²) in [6, 6.07) is 5.56. The van der Waals surface area contributed by atoms with Crippen LogP contribution in [0.5, 0.6) is 5.75 Å². The predicted molar refractivity (Wildman–Crippen MR) is 60.2 cm³/mol. The van der Waals surface area contributed by atoms with Crippen molar-refractivity contribution in [3.05, 3.63) is 42.1 Å². The summed E-state index contributed by atoms with van der Waals surface area (Å²) in [7, 11) is 3.59. The zero-order chi connectivity index (χ0) is 12.8. The molecule has 0 radical (unpaired) electrons. The van der Waals surface area contributed by atoms with Crippen LogP contribution >= 0.6 is 0 Å². The molecule has 92 valence electrons. The summed E-state index contributed by atoms with van der Waals surface area (Å²) >= 11 is 0. The van der Waals surface area contributed by atoms with Crippen molar-refractivity contribution in [1.82, 2.24) is 4.90 Å². The topological polar surface area (TPSA) is 29.5 Å². The lowest BCUT2D eigenvalue weighted by atomic mass is 10.1. The van der Waals surface area contributed by atoms with Crippen molar-refractivity contribution in [1.29, 1.82) is 0 Å². The van der Waals surface area contributed by atoms with Gasteiger partial charge in [-0.05, 0) is 24.3 Å². The average Bonchev–Trinajstić information content (AvgIpc) is 2.26. The van der Waals surface area contributed by atoms with E-state index in [0.717, 1.165) is 0 Å². The number of ketones is 1. The summed E-state index contributed by atoms with van der Waals surface area (Å²) in [6.45, 7) is -2.86. The van der Waals surface area contributed by atoms with E-state index in [1.807, 2.05) is 0 Å². The smallest absolute Gasteiger partial charge is 0.387 e. The number of hydrogen-bond donors (Lipinski definition) is 0. The van der Waals surface area contributed by atoms with Crippen molar-refractivity contribution >= 4 is 5.78 Å². The van der Waals surface area contributed by atoms with Gasteiger partial charge in [0.15, 0.2) is 5.78 Å². The monoisotopic (exact) mass is 241 g/mol. The standard InChI is InChI=1S/C12H13F2NO2/c1-15(2)8-7-11(16)9-3-5-10(6-4-9)17-12(13)14/h3-8,12H,1-2H3/b8-7+. The molecule has 0 aliphatic carbocycles. The van der Waals surface area contributed by atoms with Crippen LogP contribution in [0.3, 0.4) is 0 Å². The van der Waals surface area contributed by atoms with E-state index in [1.165, 1.54) is 30.3 Å². The van der Waals surface area contributed by atoms with Crippen molar-refractivity contribution < 1.29 is 18.3 Å². The Kier molecular flexibility index (Phi) is 4.63. The van der Waals surface area contributed by atoms with Crippen LogP contribution in [-0.4, -0.2) is 31.4 Å². The Morgan fingerprint density at radius 1 is 1.29 bits per heavy atom. The van der Waals surface area contributed by atoms with Gasteiger partial charge in [-0.3, -0.25) is 4.79 Å². The number of carbonyl (C=O) groups is 1. The van der Waals surface area contributed by atoms with Gasteiger partial charge in [0.05, 0.1) is 0 Å². The summed E-state index contributed by atoms with van der Waals surface area (Å²) in [5.41, 5.74) is 0.421. The Hall–Kier alpha value is -1.91. The maximum Gasteiger partial charge on any atom is 0.387 e. The molecule has 1 rings (SSSR count). The Morgan fingerprint density at radius 3 is 2.35 bits per heavy atom. The summed E-state index contributed by atoms with van der Waals surface area (Å²) in [6.07, 6.45) is 3.02. The molecule has 0 fully saturated rings. The molecule has 3 nitrogen and oxygen atoms in total. The fourth-order valence-electron chi connectivity index (χ4n) is 1.11. The Balaban J connectivity index is 2.70. The highest BCUT2D eigenvalue weighted by molar-refractivity contribution is 6.04. The number of ether oxygens (including phenoxy) is 1. The molecule has 0 spiro atoms. The van der Waals surface area contributed by atoms with Gasteiger partial charge in [0, 0.05) is 31.9 Å². The molecule has 0 saturated heterocycles. The van der Waals surface area contributed by atoms with Crippen LogP contribution in [0.4, 0.5) is 8.78 Å². The average molecular weight is 241 g/mol. The van der Waals surface area contributed by atoms with Gasteiger partial charge in [-0.15, -0.1) is 0 Å². The highest BCUT2D eigenvalue weighted by Crippen LogP contribution is 2.15. The summed E-state index contributed by atoms with van der Waals surface area (Å²) in [4.78, 5) is 13.3. The van der Waals surface area contributed by atoms with E-state index < -0.39 is 6.61 Å². The van der Waals surface area contributed by atoms with Crippen LogP contribution < -0.4 is 4.74 Å². The highest BCUT2D eigenvalue weighted by Gasteiger charge is 2.05. The number of hydrogen-bond acceptors (Lipinski definition) is 3. The molecule has 5 heteroatoms. The minimum Gasteiger partial charge on any atom is -0.435 e. The lowest BCUT2D eigenvalue weighted by Crippen LogP contribution is -2.04. The lowest BCUT2D eigenvalue weighted by molar-refractivity contribution is -0.0498. The normalized spacial score (nSPS) is 10.9. The first kappa shape index (κ1) is 13.2. The quantitative estimate of drug-likeness (QED) is 0.586. The van der Waals surface area contributed by atoms with E-state index >= 15 is 0 Å². The van der Waals surface area contributed by atoms with E-state index in [-0.39, 0.29) is 11.5 Å². The van der Waals surface area contributed by atoms with Gasteiger partial charge < -0.3 is 9.64 Å². The zero-order valence-corrected chi connectivity index (χ0v) is 9.56. The number of alkyl halides is 2.